The Labute approximate surface area is 99.0 Å². The summed E-state index contributed by atoms with van der Waals surface area (Å²) in [6.07, 6.45) is 5.34. The molecule has 0 spiro atoms. The van der Waals surface area contributed by atoms with Crippen LogP contribution in [0.5, 0.6) is 0 Å². The topological polar surface area (TPSA) is 26.0 Å². The molecule has 3 unspecified atom stereocenters. The number of hydrogen-bond acceptors (Lipinski definition) is 1. The summed E-state index contributed by atoms with van der Waals surface area (Å²) in [6.45, 7) is 4.53. The van der Waals surface area contributed by atoms with Gasteiger partial charge in [-0.05, 0) is 42.7 Å². The molecular formula is C15H23N. The summed E-state index contributed by atoms with van der Waals surface area (Å²) in [7, 11) is 0. The van der Waals surface area contributed by atoms with E-state index >= 15 is 0 Å². The van der Waals surface area contributed by atoms with Gasteiger partial charge in [0.2, 0.25) is 0 Å². The van der Waals surface area contributed by atoms with Crippen LogP contribution in [0.2, 0.25) is 0 Å². The maximum Gasteiger partial charge on any atom is 0.0326 e. The average molecular weight is 217 g/mol. The molecule has 3 atom stereocenters. The molecule has 1 aliphatic carbocycles. The third kappa shape index (κ3) is 2.46. The van der Waals surface area contributed by atoms with Crippen LogP contribution in [0.4, 0.5) is 0 Å². The summed E-state index contributed by atoms with van der Waals surface area (Å²) in [5, 5.41) is 0. The van der Waals surface area contributed by atoms with Crippen molar-refractivity contribution in [2.45, 2.75) is 45.6 Å². The Hall–Kier alpha value is -0.820. The lowest BCUT2D eigenvalue weighted by atomic mass is 9.76. The minimum atomic E-state index is 0.240. The number of rotatable bonds is 2. The molecule has 1 nitrogen and oxygen atoms in total. The molecule has 1 saturated carbocycles. The van der Waals surface area contributed by atoms with Crippen LogP contribution >= 0.6 is 0 Å². The van der Waals surface area contributed by atoms with Gasteiger partial charge < -0.3 is 5.73 Å². The Morgan fingerprint density at radius 1 is 1.25 bits per heavy atom. The standard InChI is InChI=1S/C15H23N/c1-11-6-5-8-13(10-11)15(16)14-9-4-3-7-12(14)2/h3-4,7,9,11,13,15H,5-6,8,10,16H2,1-2H3. The highest BCUT2D eigenvalue weighted by Gasteiger charge is 2.25. The molecular weight excluding hydrogens is 194 g/mol. The molecule has 1 fully saturated rings. The second kappa shape index (κ2) is 5.01. The molecule has 0 amide bonds. The third-order valence-electron chi connectivity index (χ3n) is 4.03. The van der Waals surface area contributed by atoms with Crippen LogP contribution in [0, 0.1) is 18.8 Å². The smallest absolute Gasteiger partial charge is 0.0326 e. The van der Waals surface area contributed by atoms with Gasteiger partial charge in [0.1, 0.15) is 0 Å². The first-order chi connectivity index (χ1) is 7.68. The summed E-state index contributed by atoms with van der Waals surface area (Å²) >= 11 is 0. The molecule has 88 valence electrons. The Bertz CT molecular complexity index is 345. The van der Waals surface area contributed by atoms with Crippen LogP contribution in [0.3, 0.4) is 0 Å². The van der Waals surface area contributed by atoms with Gasteiger partial charge in [-0.25, -0.2) is 0 Å². The van der Waals surface area contributed by atoms with Crippen LogP contribution in [-0.2, 0) is 0 Å². The number of nitrogens with two attached hydrogens (primary N) is 1. The number of benzene rings is 1. The molecule has 2 N–H and O–H groups in total. The van der Waals surface area contributed by atoms with E-state index in [9.17, 15) is 0 Å². The van der Waals surface area contributed by atoms with Gasteiger partial charge in [-0.1, -0.05) is 44.0 Å². The summed E-state index contributed by atoms with van der Waals surface area (Å²) in [4.78, 5) is 0. The van der Waals surface area contributed by atoms with Crippen molar-refractivity contribution in [2.24, 2.45) is 17.6 Å². The Morgan fingerprint density at radius 3 is 2.69 bits per heavy atom. The maximum absolute atomic E-state index is 6.43. The van der Waals surface area contributed by atoms with Crippen molar-refractivity contribution >= 4 is 0 Å². The van der Waals surface area contributed by atoms with Crippen LogP contribution in [0.25, 0.3) is 0 Å². The van der Waals surface area contributed by atoms with E-state index in [4.69, 9.17) is 5.73 Å². The zero-order valence-corrected chi connectivity index (χ0v) is 10.4. The molecule has 1 aromatic carbocycles. The average Bonchev–Trinajstić information content (AvgIpc) is 2.29. The molecule has 1 heteroatoms. The molecule has 0 aromatic heterocycles. The van der Waals surface area contributed by atoms with E-state index in [-0.39, 0.29) is 6.04 Å². The fraction of sp³-hybridized carbons (Fsp3) is 0.600. The Kier molecular flexibility index (Phi) is 3.65. The summed E-state index contributed by atoms with van der Waals surface area (Å²) in [6, 6.07) is 8.80. The highest BCUT2D eigenvalue weighted by molar-refractivity contribution is 5.29. The van der Waals surface area contributed by atoms with Crippen molar-refractivity contribution in [3.63, 3.8) is 0 Å². The second-order valence-corrected chi connectivity index (χ2v) is 5.41. The highest BCUT2D eigenvalue weighted by atomic mass is 14.7. The molecule has 0 aliphatic heterocycles. The van der Waals surface area contributed by atoms with E-state index in [0.29, 0.717) is 5.92 Å². The van der Waals surface area contributed by atoms with Crippen molar-refractivity contribution in [3.05, 3.63) is 35.4 Å². The first kappa shape index (κ1) is 11.7. The molecule has 1 aliphatic rings. The first-order valence-corrected chi connectivity index (χ1v) is 6.49. The lowest BCUT2D eigenvalue weighted by molar-refractivity contribution is 0.247. The van der Waals surface area contributed by atoms with Gasteiger partial charge in [0.25, 0.3) is 0 Å². The van der Waals surface area contributed by atoms with Gasteiger partial charge in [-0.3, -0.25) is 0 Å². The van der Waals surface area contributed by atoms with Crippen molar-refractivity contribution in [1.82, 2.24) is 0 Å². The summed E-state index contributed by atoms with van der Waals surface area (Å²) < 4.78 is 0. The van der Waals surface area contributed by atoms with E-state index in [1.807, 2.05) is 0 Å². The van der Waals surface area contributed by atoms with Gasteiger partial charge >= 0.3 is 0 Å². The van der Waals surface area contributed by atoms with Crippen molar-refractivity contribution < 1.29 is 0 Å². The molecule has 2 rings (SSSR count). The van der Waals surface area contributed by atoms with Gasteiger partial charge in [-0.15, -0.1) is 0 Å². The van der Waals surface area contributed by atoms with E-state index in [1.54, 1.807) is 0 Å². The lowest BCUT2D eigenvalue weighted by Gasteiger charge is -2.32. The van der Waals surface area contributed by atoms with Crippen LogP contribution in [-0.4, -0.2) is 0 Å². The van der Waals surface area contributed by atoms with E-state index in [0.717, 1.165) is 5.92 Å². The molecule has 0 heterocycles. The first-order valence-electron chi connectivity index (χ1n) is 6.49. The SMILES string of the molecule is Cc1ccccc1C(N)C1CCCC(C)C1. The molecule has 16 heavy (non-hydrogen) atoms. The predicted octanol–water partition coefficient (Wildman–Crippen LogP) is 3.82. The fourth-order valence-electron chi connectivity index (χ4n) is 3.02. The second-order valence-electron chi connectivity index (χ2n) is 5.41. The van der Waals surface area contributed by atoms with E-state index < -0.39 is 0 Å². The molecule has 1 aromatic rings. The maximum atomic E-state index is 6.43. The van der Waals surface area contributed by atoms with Crippen LogP contribution < -0.4 is 5.73 Å². The van der Waals surface area contributed by atoms with Crippen LogP contribution in [0.15, 0.2) is 24.3 Å². The Morgan fingerprint density at radius 2 is 2.00 bits per heavy atom. The summed E-state index contributed by atoms with van der Waals surface area (Å²) in [5.41, 5.74) is 9.12. The third-order valence-corrected chi connectivity index (χ3v) is 4.03. The zero-order valence-electron chi connectivity index (χ0n) is 10.4. The molecule has 0 saturated heterocycles. The fourth-order valence-corrected chi connectivity index (χ4v) is 3.02. The van der Waals surface area contributed by atoms with Crippen molar-refractivity contribution in [1.29, 1.82) is 0 Å². The quantitative estimate of drug-likeness (QED) is 0.800. The normalized spacial score (nSPS) is 27.7. The Balaban J connectivity index is 2.12. The number of aryl methyl sites for hydroxylation is 1. The largest absolute Gasteiger partial charge is 0.324 e. The molecule has 0 radical (unpaired) electrons. The lowest BCUT2D eigenvalue weighted by Crippen LogP contribution is -2.26. The van der Waals surface area contributed by atoms with Gasteiger partial charge in [-0.2, -0.15) is 0 Å². The number of hydrogen-bond donors (Lipinski definition) is 1. The van der Waals surface area contributed by atoms with Gasteiger partial charge in [0.05, 0.1) is 0 Å². The highest BCUT2D eigenvalue weighted by Crippen LogP contribution is 2.36. The van der Waals surface area contributed by atoms with Gasteiger partial charge in [0, 0.05) is 6.04 Å². The molecule has 0 bridgehead atoms. The van der Waals surface area contributed by atoms with Crippen LogP contribution in [0.1, 0.15) is 49.8 Å². The van der Waals surface area contributed by atoms with E-state index in [1.165, 1.54) is 36.8 Å². The predicted molar refractivity (Wildman–Crippen MR) is 69.2 cm³/mol. The zero-order chi connectivity index (χ0) is 11.5. The van der Waals surface area contributed by atoms with Crippen molar-refractivity contribution in [3.8, 4) is 0 Å². The monoisotopic (exact) mass is 217 g/mol. The minimum absolute atomic E-state index is 0.240. The van der Waals surface area contributed by atoms with Crippen molar-refractivity contribution in [2.75, 3.05) is 0 Å². The minimum Gasteiger partial charge on any atom is -0.324 e. The van der Waals surface area contributed by atoms with E-state index in [2.05, 4.69) is 38.1 Å². The summed E-state index contributed by atoms with van der Waals surface area (Å²) in [5.74, 6) is 1.54. The van der Waals surface area contributed by atoms with Gasteiger partial charge in [0.15, 0.2) is 0 Å².